The summed E-state index contributed by atoms with van der Waals surface area (Å²) in [5.74, 6) is 0.473. The molecule has 0 fully saturated rings. The Morgan fingerprint density at radius 1 is 1.17 bits per heavy atom. The van der Waals surface area contributed by atoms with Gasteiger partial charge in [-0.2, -0.15) is 0 Å². The summed E-state index contributed by atoms with van der Waals surface area (Å²) < 4.78 is 45.3. The molecule has 0 radical (unpaired) electrons. The second-order valence-corrected chi connectivity index (χ2v) is 9.70. The first kappa shape index (κ1) is 21.1. The largest absolute Gasteiger partial charge is 0.456 e. The molecule has 154 valence electrons. The van der Waals surface area contributed by atoms with Crippen molar-refractivity contribution in [3.63, 3.8) is 0 Å². The Hall–Kier alpha value is -2.58. The lowest BCUT2D eigenvalue weighted by Gasteiger charge is -2.18. The van der Waals surface area contributed by atoms with Crippen LogP contribution in [0.15, 0.2) is 52.3 Å². The first-order chi connectivity index (χ1) is 13.3. The number of nitrogens with one attached hydrogen (secondary N) is 1. The van der Waals surface area contributed by atoms with Crippen molar-refractivity contribution in [3.8, 4) is 22.6 Å². The van der Waals surface area contributed by atoms with Gasteiger partial charge in [0.05, 0.1) is 15.5 Å². The van der Waals surface area contributed by atoms with Crippen LogP contribution >= 0.6 is 11.6 Å². The van der Waals surface area contributed by atoms with E-state index in [1.807, 2.05) is 0 Å². The monoisotopic (exact) mass is 438 g/mol. The highest BCUT2D eigenvalue weighted by Crippen LogP contribution is 2.36. The molecule has 3 rings (SSSR count). The van der Waals surface area contributed by atoms with Crippen LogP contribution in [-0.2, 0) is 22.6 Å². The number of benzene rings is 2. The summed E-state index contributed by atoms with van der Waals surface area (Å²) in [6, 6.07) is 8.80. The van der Waals surface area contributed by atoms with Crippen LogP contribution in [0.25, 0.3) is 11.1 Å². The summed E-state index contributed by atoms with van der Waals surface area (Å²) in [4.78, 5) is 12.2. The molecular formula is C20H20ClFN2O4S. The smallest absolute Gasteiger partial charge is 0.271 e. The van der Waals surface area contributed by atoms with Crippen molar-refractivity contribution < 1.29 is 17.5 Å². The summed E-state index contributed by atoms with van der Waals surface area (Å²) in [6.07, 6.45) is 2.68. The number of aromatic nitrogens is 2. The lowest BCUT2D eigenvalue weighted by molar-refractivity contribution is 0.221. The maximum absolute atomic E-state index is 14.7. The molecule has 6 nitrogen and oxygen atoms in total. The van der Waals surface area contributed by atoms with Crippen LogP contribution in [0.2, 0.25) is 5.02 Å². The Kier molecular flexibility index (Phi) is 5.36. The van der Waals surface area contributed by atoms with Crippen LogP contribution in [0.5, 0.6) is 11.5 Å². The van der Waals surface area contributed by atoms with E-state index in [1.165, 1.54) is 42.8 Å². The predicted molar refractivity (Wildman–Crippen MR) is 110 cm³/mol. The molecule has 0 atom stereocenters. The van der Waals surface area contributed by atoms with Crippen molar-refractivity contribution in [2.24, 2.45) is 7.05 Å². The van der Waals surface area contributed by atoms with Crippen LogP contribution in [0.3, 0.4) is 0 Å². The van der Waals surface area contributed by atoms with E-state index >= 15 is 0 Å². The maximum atomic E-state index is 14.7. The van der Waals surface area contributed by atoms with E-state index in [-0.39, 0.29) is 27.0 Å². The maximum Gasteiger partial charge on any atom is 0.271 e. The Morgan fingerprint density at radius 2 is 1.86 bits per heavy atom. The standard InChI is InChI=1S/C20H20ClFN2O4S/c1-20(2,22)13-7-12(16-11-24(3)23-19(16)25)8-14(9-13)28-18-6-5-15(10-17(18)21)29(4,26)27/h5-11H,1-4H3,(H,23,25). The Morgan fingerprint density at radius 3 is 2.38 bits per heavy atom. The van der Waals surface area contributed by atoms with Crippen molar-refractivity contribution in [2.45, 2.75) is 24.4 Å². The molecule has 3 aromatic rings. The van der Waals surface area contributed by atoms with E-state index in [1.54, 1.807) is 25.4 Å². The highest BCUT2D eigenvalue weighted by Gasteiger charge is 2.22. The average molecular weight is 439 g/mol. The number of aromatic amines is 1. The number of ether oxygens (including phenoxy) is 1. The Labute approximate surface area is 172 Å². The van der Waals surface area contributed by atoms with Gasteiger partial charge in [0, 0.05) is 19.5 Å². The molecule has 29 heavy (non-hydrogen) atoms. The number of alkyl halides is 1. The second-order valence-electron chi connectivity index (χ2n) is 7.28. The van der Waals surface area contributed by atoms with Crippen molar-refractivity contribution in [2.75, 3.05) is 6.26 Å². The third-order valence-electron chi connectivity index (χ3n) is 4.31. The summed E-state index contributed by atoms with van der Waals surface area (Å²) in [5, 5.41) is 2.71. The number of aryl methyl sites for hydroxylation is 1. The molecule has 0 unspecified atom stereocenters. The van der Waals surface area contributed by atoms with E-state index in [9.17, 15) is 17.6 Å². The number of sulfone groups is 1. The quantitative estimate of drug-likeness (QED) is 0.638. The van der Waals surface area contributed by atoms with Gasteiger partial charge >= 0.3 is 0 Å². The van der Waals surface area contributed by atoms with Crippen LogP contribution in [0, 0.1) is 0 Å². The zero-order valence-corrected chi connectivity index (χ0v) is 17.9. The highest BCUT2D eigenvalue weighted by molar-refractivity contribution is 7.90. The van der Waals surface area contributed by atoms with Crippen molar-refractivity contribution in [1.29, 1.82) is 0 Å². The third kappa shape index (κ3) is 4.71. The number of rotatable bonds is 5. The van der Waals surface area contributed by atoms with E-state index < -0.39 is 15.5 Å². The van der Waals surface area contributed by atoms with Crippen LogP contribution in [0.1, 0.15) is 19.4 Å². The van der Waals surface area contributed by atoms with E-state index in [2.05, 4.69) is 5.10 Å². The van der Waals surface area contributed by atoms with Gasteiger partial charge in [0.25, 0.3) is 5.56 Å². The molecule has 2 aromatic carbocycles. The SMILES string of the molecule is Cn1cc(-c2cc(Oc3ccc(S(C)(=O)=O)cc3Cl)cc(C(C)(C)F)c2)c(=O)[nH]1. The Balaban J connectivity index is 2.09. The minimum atomic E-state index is -3.42. The fraction of sp³-hybridized carbons (Fsp3) is 0.250. The van der Waals surface area contributed by atoms with Crippen molar-refractivity contribution >= 4 is 21.4 Å². The number of nitrogens with zero attached hydrogens (tertiary/aromatic N) is 1. The van der Waals surface area contributed by atoms with Gasteiger partial charge in [0.1, 0.15) is 17.2 Å². The minimum absolute atomic E-state index is 0.0602. The van der Waals surface area contributed by atoms with Gasteiger partial charge in [0.15, 0.2) is 9.84 Å². The first-order valence-corrected chi connectivity index (χ1v) is 10.9. The van der Waals surface area contributed by atoms with Gasteiger partial charge in [-0.3, -0.25) is 14.6 Å². The molecule has 0 amide bonds. The van der Waals surface area contributed by atoms with E-state index in [4.69, 9.17) is 16.3 Å². The first-order valence-electron chi connectivity index (χ1n) is 8.62. The van der Waals surface area contributed by atoms with E-state index in [0.29, 0.717) is 16.7 Å². The normalized spacial score (nSPS) is 12.2. The minimum Gasteiger partial charge on any atom is -0.456 e. The molecule has 0 saturated heterocycles. The summed E-state index contributed by atoms with van der Waals surface area (Å²) in [5.41, 5.74) is -0.838. The molecule has 0 spiro atoms. The van der Waals surface area contributed by atoms with Crippen LogP contribution in [0.4, 0.5) is 4.39 Å². The van der Waals surface area contributed by atoms with Gasteiger partial charge in [0.2, 0.25) is 0 Å². The van der Waals surface area contributed by atoms with Gasteiger partial charge in [-0.05, 0) is 61.4 Å². The lowest BCUT2D eigenvalue weighted by Crippen LogP contribution is -2.10. The van der Waals surface area contributed by atoms with E-state index in [0.717, 1.165) is 6.26 Å². The zero-order valence-electron chi connectivity index (χ0n) is 16.3. The van der Waals surface area contributed by atoms with Gasteiger partial charge in [-0.25, -0.2) is 12.8 Å². The number of halogens is 2. The fourth-order valence-electron chi connectivity index (χ4n) is 2.79. The van der Waals surface area contributed by atoms with Crippen LogP contribution < -0.4 is 10.3 Å². The molecular weight excluding hydrogens is 419 g/mol. The second kappa shape index (κ2) is 7.35. The van der Waals surface area contributed by atoms with Gasteiger partial charge < -0.3 is 4.74 Å². The lowest BCUT2D eigenvalue weighted by atomic mass is 9.96. The van der Waals surface area contributed by atoms with Crippen molar-refractivity contribution in [3.05, 3.63) is 63.5 Å². The summed E-state index contributed by atoms with van der Waals surface area (Å²) in [7, 11) is -1.74. The van der Waals surface area contributed by atoms with Crippen LogP contribution in [-0.4, -0.2) is 24.5 Å². The molecule has 9 heteroatoms. The average Bonchev–Trinajstić information content (AvgIpc) is 2.93. The molecule has 0 aliphatic carbocycles. The topological polar surface area (TPSA) is 81.2 Å². The van der Waals surface area contributed by atoms with Gasteiger partial charge in [-0.15, -0.1) is 0 Å². The molecule has 1 N–H and O–H groups in total. The fourth-order valence-corrected chi connectivity index (χ4v) is 3.72. The molecule has 1 heterocycles. The highest BCUT2D eigenvalue weighted by atomic mass is 35.5. The number of hydrogen-bond acceptors (Lipinski definition) is 4. The molecule has 0 aliphatic heterocycles. The molecule has 0 bridgehead atoms. The summed E-state index contributed by atoms with van der Waals surface area (Å²) in [6.45, 7) is 2.80. The molecule has 0 saturated carbocycles. The number of H-pyrrole nitrogens is 1. The molecule has 1 aromatic heterocycles. The molecule has 0 aliphatic rings. The zero-order chi connectivity index (χ0) is 21.6. The predicted octanol–water partition coefficient (Wildman–Crippen LogP) is 4.43. The van der Waals surface area contributed by atoms with Crippen molar-refractivity contribution in [1.82, 2.24) is 9.78 Å². The van der Waals surface area contributed by atoms with Gasteiger partial charge in [-0.1, -0.05) is 11.6 Å². The number of hydrogen-bond donors (Lipinski definition) is 1. The Bertz CT molecular complexity index is 1240. The summed E-state index contributed by atoms with van der Waals surface area (Å²) >= 11 is 6.18. The third-order valence-corrected chi connectivity index (χ3v) is 5.71.